The fourth-order valence-electron chi connectivity index (χ4n) is 3.22. The number of thioether (sulfide) groups is 1. The third-order valence-corrected chi connectivity index (χ3v) is 7.20. The van der Waals surface area contributed by atoms with Crippen LogP contribution in [0.2, 0.25) is 0 Å². The number of amides is 2. The minimum Gasteiger partial charge on any atom is -0.351 e. The van der Waals surface area contributed by atoms with E-state index in [2.05, 4.69) is 10.3 Å². The first-order valence-corrected chi connectivity index (χ1v) is 12.9. The normalized spacial score (nSPS) is 10.4. The molecule has 2 aromatic heterocycles. The molecule has 0 spiro atoms. The van der Waals surface area contributed by atoms with E-state index in [4.69, 9.17) is 0 Å². The molecule has 0 unspecified atom stereocenters. The van der Waals surface area contributed by atoms with Crippen LogP contribution in [0.5, 0.6) is 0 Å². The topological polar surface area (TPSA) is 127 Å². The van der Waals surface area contributed by atoms with Crippen LogP contribution in [-0.2, 0) is 9.59 Å². The van der Waals surface area contributed by atoms with Crippen LogP contribution in [0, 0.1) is 29.8 Å². The van der Waals surface area contributed by atoms with Gasteiger partial charge in [-0.3, -0.25) is 29.1 Å². The van der Waals surface area contributed by atoms with Gasteiger partial charge in [-0.1, -0.05) is 30.0 Å². The van der Waals surface area contributed by atoms with Crippen LogP contribution < -0.4 is 10.9 Å². The molecule has 4 rings (SSSR count). The molecule has 10 nitrogen and oxygen atoms in total. The second-order valence-electron chi connectivity index (χ2n) is 8.16. The zero-order chi connectivity index (χ0) is 28.0. The number of aryl methyl sites for hydroxylation is 2. The summed E-state index contributed by atoms with van der Waals surface area (Å²) in [5, 5.41) is 14.1. The Labute approximate surface area is 225 Å². The standard InChI is InChI=1S/C22H17FN4O4S2.C3H7NO/c1-12-13(2)33-20-19(12)21(29)26(14-6-4-3-5-7-14)22(25-20)32-11-18(28)24-17-10-15(27(30)31)8-9-16(17)23;1-4(2)3-5/h3-10H,11H2,1-2H3,(H,24,28);3H,1-2H3. The van der Waals surface area contributed by atoms with E-state index in [1.165, 1.54) is 20.8 Å². The fraction of sp³-hybridized carbons (Fsp3) is 0.200. The van der Waals surface area contributed by atoms with Gasteiger partial charge in [0.05, 0.1) is 27.4 Å². The number of nitro benzene ring substituents is 1. The highest BCUT2D eigenvalue weighted by Gasteiger charge is 2.19. The van der Waals surface area contributed by atoms with Crippen molar-refractivity contribution < 1.29 is 18.9 Å². The lowest BCUT2D eigenvalue weighted by atomic mass is 10.2. The number of rotatable bonds is 7. The number of halogens is 1. The summed E-state index contributed by atoms with van der Waals surface area (Å²) in [6.45, 7) is 3.79. The van der Waals surface area contributed by atoms with Gasteiger partial charge in [-0.15, -0.1) is 11.3 Å². The number of carbonyl (C=O) groups excluding carboxylic acids is 2. The van der Waals surface area contributed by atoms with Gasteiger partial charge in [0.2, 0.25) is 12.3 Å². The molecule has 0 fully saturated rings. The Hall–Kier alpha value is -4.10. The Bertz CT molecular complexity index is 1550. The second-order valence-corrected chi connectivity index (χ2v) is 10.3. The van der Waals surface area contributed by atoms with Crippen molar-refractivity contribution in [3.63, 3.8) is 0 Å². The van der Waals surface area contributed by atoms with E-state index in [0.29, 0.717) is 21.1 Å². The SMILES string of the molecule is CN(C)C=O.Cc1sc2nc(SCC(=O)Nc3cc([N+](=O)[O-])ccc3F)n(-c3ccccc3)c(=O)c2c1C. The quantitative estimate of drug-likeness (QED) is 0.116. The smallest absolute Gasteiger partial charge is 0.271 e. The van der Waals surface area contributed by atoms with Gasteiger partial charge in [-0.25, -0.2) is 9.37 Å². The van der Waals surface area contributed by atoms with E-state index in [0.717, 1.165) is 46.8 Å². The van der Waals surface area contributed by atoms with Gasteiger partial charge in [0.1, 0.15) is 10.6 Å². The summed E-state index contributed by atoms with van der Waals surface area (Å²) in [5.41, 5.74) is 0.608. The van der Waals surface area contributed by atoms with E-state index < -0.39 is 16.6 Å². The summed E-state index contributed by atoms with van der Waals surface area (Å²) >= 11 is 2.42. The Morgan fingerprint density at radius 1 is 1.24 bits per heavy atom. The number of anilines is 1. The monoisotopic (exact) mass is 557 g/mol. The van der Waals surface area contributed by atoms with Crippen LogP contribution in [0.3, 0.4) is 0 Å². The van der Waals surface area contributed by atoms with Gasteiger partial charge in [-0.05, 0) is 37.6 Å². The van der Waals surface area contributed by atoms with Crippen molar-refractivity contribution in [3.8, 4) is 5.69 Å². The number of hydrogen-bond donors (Lipinski definition) is 1. The molecule has 0 atom stereocenters. The third kappa shape index (κ3) is 6.61. The molecular formula is C25H24FN5O5S2. The van der Waals surface area contributed by atoms with Crippen molar-refractivity contribution in [2.24, 2.45) is 0 Å². The number of thiophene rings is 1. The number of carbonyl (C=O) groups is 2. The predicted molar refractivity (Wildman–Crippen MR) is 147 cm³/mol. The van der Waals surface area contributed by atoms with E-state index in [1.54, 1.807) is 38.4 Å². The van der Waals surface area contributed by atoms with Gasteiger partial charge in [-0.2, -0.15) is 0 Å². The van der Waals surface area contributed by atoms with E-state index >= 15 is 0 Å². The first-order chi connectivity index (χ1) is 18.0. The van der Waals surface area contributed by atoms with E-state index in [1.807, 2.05) is 19.9 Å². The molecule has 0 aliphatic carbocycles. The molecule has 2 amide bonds. The summed E-state index contributed by atoms with van der Waals surface area (Å²) in [4.78, 5) is 53.2. The molecule has 0 radical (unpaired) electrons. The maximum Gasteiger partial charge on any atom is 0.271 e. The highest BCUT2D eigenvalue weighted by atomic mass is 32.2. The molecule has 1 N–H and O–H groups in total. The maximum atomic E-state index is 14.0. The average Bonchev–Trinajstić information content (AvgIpc) is 3.18. The highest BCUT2D eigenvalue weighted by molar-refractivity contribution is 7.99. The van der Waals surface area contributed by atoms with E-state index in [9.17, 15) is 28.9 Å². The number of aromatic nitrogens is 2. The minimum absolute atomic E-state index is 0.184. The molecule has 38 heavy (non-hydrogen) atoms. The van der Waals surface area contributed by atoms with Crippen molar-refractivity contribution in [2.75, 3.05) is 25.2 Å². The molecule has 0 bridgehead atoms. The lowest BCUT2D eigenvalue weighted by Gasteiger charge is -2.12. The highest BCUT2D eigenvalue weighted by Crippen LogP contribution is 2.30. The summed E-state index contributed by atoms with van der Waals surface area (Å²) in [6.07, 6.45) is 0.750. The van der Waals surface area contributed by atoms with Crippen LogP contribution in [0.4, 0.5) is 15.8 Å². The molecule has 198 valence electrons. The zero-order valence-electron chi connectivity index (χ0n) is 20.9. The molecule has 4 aromatic rings. The minimum atomic E-state index is -0.788. The lowest BCUT2D eigenvalue weighted by Crippen LogP contribution is -2.23. The Balaban J connectivity index is 0.000000732. The van der Waals surface area contributed by atoms with Gasteiger partial charge < -0.3 is 10.2 Å². The van der Waals surface area contributed by atoms with Crippen LogP contribution in [0.25, 0.3) is 15.9 Å². The first kappa shape index (κ1) is 28.5. The second kappa shape index (κ2) is 12.4. The molecule has 13 heteroatoms. The lowest BCUT2D eigenvalue weighted by molar-refractivity contribution is -0.384. The molecule has 0 saturated carbocycles. The van der Waals surface area contributed by atoms with Crippen LogP contribution in [0.15, 0.2) is 58.5 Å². The van der Waals surface area contributed by atoms with Gasteiger partial charge in [0.25, 0.3) is 11.2 Å². The van der Waals surface area contributed by atoms with Crippen molar-refractivity contribution >= 4 is 57.0 Å². The maximum absolute atomic E-state index is 14.0. The van der Waals surface area contributed by atoms with Crippen molar-refractivity contribution in [1.82, 2.24) is 14.5 Å². The predicted octanol–water partition coefficient (Wildman–Crippen LogP) is 4.55. The number of non-ortho nitro benzene ring substituents is 1. The first-order valence-electron chi connectivity index (χ1n) is 11.1. The van der Waals surface area contributed by atoms with E-state index in [-0.39, 0.29) is 22.7 Å². The summed E-state index contributed by atoms with van der Waals surface area (Å²) in [5.74, 6) is -1.56. The van der Waals surface area contributed by atoms with Crippen molar-refractivity contribution in [2.45, 2.75) is 19.0 Å². The number of fused-ring (bicyclic) bond motifs is 1. The molecular weight excluding hydrogens is 533 g/mol. The fourth-order valence-corrected chi connectivity index (χ4v) is 5.10. The van der Waals surface area contributed by atoms with Crippen molar-refractivity contribution in [1.29, 1.82) is 0 Å². The summed E-state index contributed by atoms with van der Waals surface area (Å²) in [6, 6.07) is 11.9. The van der Waals surface area contributed by atoms with Crippen molar-refractivity contribution in [3.05, 3.63) is 85.3 Å². The van der Waals surface area contributed by atoms with Gasteiger partial charge >= 0.3 is 0 Å². The number of benzene rings is 2. The average molecular weight is 558 g/mol. The third-order valence-electron chi connectivity index (χ3n) is 5.16. The Morgan fingerprint density at radius 2 is 1.89 bits per heavy atom. The Morgan fingerprint density at radius 3 is 2.50 bits per heavy atom. The number of hydrogen-bond acceptors (Lipinski definition) is 8. The van der Waals surface area contributed by atoms with Gasteiger partial charge in [0, 0.05) is 31.1 Å². The summed E-state index contributed by atoms with van der Waals surface area (Å²) < 4.78 is 15.5. The number of para-hydroxylation sites is 1. The van der Waals surface area contributed by atoms with Crippen LogP contribution in [-0.4, -0.2) is 51.5 Å². The summed E-state index contributed by atoms with van der Waals surface area (Å²) in [7, 11) is 3.38. The van der Waals surface area contributed by atoms with Crippen LogP contribution in [0.1, 0.15) is 10.4 Å². The van der Waals surface area contributed by atoms with Crippen LogP contribution >= 0.6 is 23.1 Å². The number of nitrogens with one attached hydrogen (secondary N) is 1. The Kier molecular flexibility index (Phi) is 9.31. The molecule has 0 aliphatic rings. The molecule has 2 heterocycles. The molecule has 0 aliphatic heterocycles. The zero-order valence-corrected chi connectivity index (χ0v) is 22.6. The largest absolute Gasteiger partial charge is 0.351 e. The number of nitro groups is 1. The number of nitrogens with zero attached hydrogens (tertiary/aromatic N) is 4. The molecule has 0 saturated heterocycles. The molecule has 2 aromatic carbocycles. The van der Waals surface area contributed by atoms with Gasteiger partial charge in [0.15, 0.2) is 5.16 Å².